The molecule has 2 rings (SSSR count). The van der Waals surface area contributed by atoms with Crippen LogP contribution in [0.1, 0.15) is 32.6 Å². The van der Waals surface area contributed by atoms with Gasteiger partial charge in [0.15, 0.2) is 0 Å². The molecule has 3 nitrogen and oxygen atoms in total. The van der Waals surface area contributed by atoms with Gasteiger partial charge < -0.3 is 4.74 Å². The van der Waals surface area contributed by atoms with Gasteiger partial charge in [-0.05, 0) is 25.8 Å². The van der Waals surface area contributed by atoms with Crippen molar-refractivity contribution in [3.63, 3.8) is 0 Å². The molecule has 0 bridgehead atoms. The summed E-state index contributed by atoms with van der Waals surface area (Å²) in [5.41, 5.74) is 0.849. The fourth-order valence-corrected chi connectivity index (χ4v) is 2.40. The Bertz CT molecular complexity index is 273. The molecule has 0 aromatic rings. The number of ether oxygens (including phenoxy) is 1. The van der Waals surface area contributed by atoms with Crippen LogP contribution in [0.15, 0.2) is 11.6 Å². The van der Waals surface area contributed by atoms with E-state index in [0.29, 0.717) is 12.6 Å². The minimum atomic E-state index is -0.105. The number of hydrogen-bond donors (Lipinski definition) is 0. The molecule has 2 aliphatic rings. The molecule has 2 heterocycles. The summed E-state index contributed by atoms with van der Waals surface area (Å²) in [5, 5.41) is 0. The van der Waals surface area contributed by atoms with Crippen LogP contribution in [0, 0.1) is 0 Å². The molecule has 0 saturated carbocycles. The monoisotopic (exact) mass is 209 g/mol. The van der Waals surface area contributed by atoms with Gasteiger partial charge in [-0.2, -0.15) is 0 Å². The van der Waals surface area contributed by atoms with Gasteiger partial charge in [0.25, 0.3) is 0 Å². The predicted octanol–water partition coefficient (Wildman–Crippen LogP) is 1.73. The highest BCUT2D eigenvalue weighted by Gasteiger charge is 2.29. The Kier molecular flexibility index (Phi) is 3.41. The third-order valence-corrected chi connectivity index (χ3v) is 3.24. The smallest absolute Gasteiger partial charge is 0.335 e. The van der Waals surface area contributed by atoms with Crippen molar-refractivity contribution in [3.8, 4) is 0 Å². The Morgan fingerprint density at radius 3 is 3.20 bits per heavy atom. The average molecular weight is 209 g/mol. The van der Waals surface area contributed by atoms with E-state index in [1.54, 1.807) is 0 Å². The van der Waals surface area contributed by atoms with Crippen molar-refractivity contribution in [2.75, 3.05) is 19.7 Å². The number of fused-ring (bicyclic) bond motifs is 1. The van der Waals surface area contributed by atoms with E-state index < -0.39 is 0 Å². The molecule has 1 atom stereocenters. The summed E-state index contributed by atoms with van der Waals surface area (Å²) in [7, 11) is 0. The van der Waals surface area contributed by atoms with Crippen LogP contribution in [0.4, 0.5) is 0 Å². The Morgan fingerprint density at radius 1 is 1.53 bits per heavy atom. The summed E-state index contributed by atoms with van der Waals surface area (Å²) < 4.78 is 5.29. The van der Waals surface area contributed by atoms with Crippen molar-refractivity contribution in [2.45, 2.75) is 38.6 Å². The summed E-state index contributed by atoms with van der Waals surface area (Å²) in [6.45, 7) is 4.54. The van der Waals surface area contributed by atoms with Gasteiger partial charge in [-0.25, -0.2) is 4.79 Å². The van der Waals surface area contributed by atoms with E-state index in [1.807, 2.05) is 6.08 Å². The molecule has 84 valence electrons. The second-order valence-electron chi connectivity index (χ2n) is 4.36. The predicted molar refractivity (Wildman–Crippen MR) is 58.5 cm³/mol. The zero-order chi connectivity index (χ0) is 10.7. The Labute approximate surface area is 91.1 Å². The van der Waals surface area contributed by atoms with Crippen LogP contribution in [0.5, 0.6) is 0 Å². The summed E-state index contributed by atoms with van der Waals surface area (Å²) in [6.07, 6.45) is 6.60. The van der Waals surface area contributed by atoms with Gasteiger partial charge in [-0.15, -0.1) is 0 Å². The summed E-state index contributed by atoms with van der Waals surface area (Å²) in [5.74, 6) is -0.105. The van der Waals surface area contributed by atoms with E-state index in [0.717, 1.165) is 25.1 Å². The maximum Gasteiger partial charge on any atom is 0.335 e. The van der Waals surface area contributed by atoms with Crippen molar-refractivity contribution in [3.05, 3.63) is 11.6 Å². The topological polar surface area (TPSA) is 29.5 Å². The SMILES string of the molecule is CC/C=C1/CN2CCCCC2COC1=O. The van der Waals surface area contributed by atoms with Crippen molar-refractivity contribution >= 4 is 5.97 Å². The zero-order valence-corrected chi connectivity index (χ0v) is 9.37. The molecule has 2 fully saturated rings. The van der Waals surface area contributed by atoms with Gasteiger partial charge in [0, 0.05) is 18.2 Å². The zero-order valence-electron chi connectivity index (χ0n) is 9.37. The number of piperidine rings is 1. The van der Waals surface area contributed by atoms with Gasteiger partial charge in [0.1, 0.15) is 6.61 Å². The molecule has 15 heavy (non-hydrogen) atoms. The summed E-state index contributed by atoms with van der Waals surface area (Å²) >= 11 is 0. The van der Waals surface area contributed by atoms with Crippen molar-refractivity contribution in [2.24, 2.45) is 0 Å². The van der Waals surface area contributed by atoms with E-state index in [-0.39, 0.29) is 5.97 Å². The van der Waals surface area contributed by atoms with Gasteiger partial charge in [0.05, 0.1) is 0 Å². The number of carbonyl (C=O) groups is 1. The average Bonchev–Trinajstić information content (AvgIpc) is 2.41. The van der Waals surface area contributed by atoms with E-state index in [4.69, 9.17) is 4.74 Å². The highest BCUT2D eigenvalue weighted by molar-refractivity contribution is 5.89. The van der Waals surface area contributed by atoms with Crippen LogP contribution in [0.2, 0.25) is 0 Å². The molecule has 0 aliphatic carbocycles. The highest BCUT2D eigenvalue weighted by Crippen LogP contribution is 2.22. The molecule has 0 N–H and O–H groups in total. The fraction of sp³-hybridized carbons (Fsp3) is 0.750. The van der Waals surface area contributed by atoms with E-state index in [1.165, 1.54) is 19.3 Å². The van der Waals surface area contributed by atoms with Gasteiger partial charge in [0.2, 0.25) is 0 Å². The minimum Gasteiger partial charge on any atom is -0.461 e. The first-order chi connectivity index (χ1) is 7.31. The fourth-order valence-electron chi connectivity index (χ4n) is 2.40. The molecule has 2 saturated heterocycles. The number of cyclic esters (lactones) is 1. The standard InChI is InChI=1S/C12H19NO2/c1-2-5-10-8-13-7-4-3-6-11(13)9-15-12(10)14/h5,11H,2-4,6-9H2,1H3/b10-5-. The van der Waals surface area contributed by atoms with Crippen molar-refractivity contribution < 1.29 is 9.53 Å². The minimum absolute atomic E-state index is 0.105. The maximum atomic E-state index is 11.6. The third kappa shape index (κ3) is 2.40. The third-order valence-electron chi connectivity index (χ3n) is 3.24. The van der Waals surface area contributed by atoms with Crippen LogP contribution < -0.4 is 0 Å². The van der Waals surface area contributed by atoms with Crippen LogP contribution in [-0.4, -0.2) is 36.6 Å². The lowest BCUT2D eigenvalue weighted by atomic mass is 10.0. The summed E-state index contributed by atoms with van der Waals surface area (Å²) in [4.78, 5) is 14.0. The quantitative estimate of drug-likeness (QED) is 0.486. The first kappa shape index (κ1) is 10.7. The van der Waals surface area contributed by atoms with Crippen LogP contribution in [0.3, 0.4) is 0 Å². The van der Waals surface area contributed by atoms with Crippen LogP contribution in [0.25, 0.3) is 0 Å². The Hall–Kier alpha value is -0.830. The molecule has 2 aliphatic heterocycles. The maximum absolute atomic E-state index is 11.6. The Morgan fingerprint density at radius 2 is 2.40 bits per heavy atom. The van der Waals surface area contributed by atoms with Crippen molar-refractivity contribution in [1.82, 2.24) is 4.90 Å². The largest absolute Gasteiger partial charge is 0.461 e. The normalized spacial score (nSPS) is 30.9. The number of esters is 1. The number of nitrogens with zero attached hydrogens (tertiary/aromatic N) is 1. The number of allylic oxidation sites excluding steroid dienone is 1. The van der Waals surface area contributed by atoms with Crippen molar-refractivity contribution in [1.29, 1.82) is 0 Å². The lowest BCUT2D eigenvalue weighted by molar-refractivity contribution is -0.139. The molecule has 3 heteroatoms. The second-order valence-corrected chi connectivity index (χ2v) is 4.36. The number of carbonyl (C=O) groups excluding carboxylic acids is 1. The molecule has 0 aromatic heterocycles. The number of hydrogen-bond acceptors (Lipinski definition) is 3. The van der Waals surface area contributed by atoms with E-state index in [9.17, 15) is 4.79 Å². The van der Waals surface area contributed by atoms with Crippen LogP contribution >= 0.6 is 0 Å². The molecule has 0 aromatic carbocycles. The van der Waals surface area contributed by atoms with E-state index >= 15 is 0 Å². The molecule has 1 unspecified atom stereocenters. The number of rotatable bonds is 1. The van der Waals surface area contributed by atoms with E-state index in [2.05, 4.69) is 11.8 Å². The lowest BCUT2D eigenvalue weighted by Gasteiger charge is -2.32. The molecular formula is C12H19NO2. The van der Waals surface area contributed by atoms with Crippen LogP contribution in [-0.2, 0) is 9.53 Å². The molecule has 0 radical (unpaired) electrons. The Balaban J connectivity index is 2.10. The first-order valence-electron chi connectivity index (χ1n) is 5.91. The summed E-state index contributed by atoms with van der Waals surface area (Å²) in [6, 6.07) is 0.463. The highest BCUT2D eigenvalue weighted by atomic mass is 16.5. The first-order valence-corrected chi connectivity index (χ1v) is 5.91. The van der Waals surface area contributed by atoms with Gasteiger partial charge in [-0.3, -0.25) is 4.90 Å². The molecule has 0 amide bonds. The molecule has 0 spiro atoms. The van der Waals surface area contributed by atoms with Gasteiger partial charge in [-0.1, -0.05) is 19.4 Å². The lowest BCUT2D eigenvalue weighted by Crippen LogP contribution is -2.41. The second kappa shape index (κ2) is 4.79. The van der Waals surface area contributed by atoms with Gasteiger partial charge >= 0.3 is 5.97 Å². The molecular weight excluding hydrogens is 190 g/mol.